The van der Waals surface area contributed by atoms with E-state index in [1.165, 1.54) is 89.0 Å². The van der Waals surface area contributed by atoms with Gasteiger partial charge in [0.15, 0.2) is 0 Å². The molecule has 3 aliphatic carbocycles. The van der Waals surface area contributed by atoms with E-state index >= 15 is 0 Å². The van der Waals surface area contributed by atoms with Crippen LogP contribution in [-0.2, 0) is 10.8 Å². The summed E-state index contributed by atoms with van der Waals surface area (Å²) in [6.07, 6.45) is 0. The van der Waals surface area contributed by atoms with E-state index in [2.05, 4.69) is 231 Å². The quantitative estimate of drug-likeness (QED) is 0.169. The Hall–Kier alpha value is -7.22. The van der Waals surface area contributed by atoms with E-state index in [0.717, 1.165) is 17.1 Å². The Morgan fingerprint density at radius 3 is 1.41 bits per heavy atom. The standard InChI is InChI=1S/C58H41N/c1-57(2)50-26-11-6-22-44(50)48-33-31-40(36-54(48)57)39-19-16-20-41(35-39)59(56-30-15-10-21-43(56)38-17-4-3-5-18-38)42-32-34-49-47-25-9-14-29-53(47)58(55(49)37-42)51-27-12-7-23-45(51)46-24-8-13-28-52(46)58/h3-37H,1-2H3. The van der Waals surface area contributed by atoms with Gasteiger partial charge in [-0.2, -0.15) is 0 Å². The number of hydrogen-bond donors (Lipinski definition) is 0. The maximum absolute atomic E-state index is 2.50. The largest absolute Gasteiger partial charge is 0.310 e. The van der Waals surface area contributed by atoms with E-state index in [0.29, 0.717) is 0 Å². The Morgan fingerprint density at radius 2 is 0.746 bits per heavy atom. The van der Waals surface area contributed by atoms with Crippen molar-refractivity contribution < 1.29 is 0 Å². The van der Waals surface area contributed by atoms with Crippen LogP contribution in [0, 0.1) is 0 Å². The van der Waals surface area contributed by atoms with E-state index in [9.17, 15) is 0 Å². The average Bonchev–Trinajstić information content (AvgIpc) is 3.85. The van der Waals surface area contributed by atoms with Crippen molar-refractivity contribution in [1.29, 1.82) is 0 Å². The van der Waals surface area contributed by atoms with Crippen LogP contribution in [0.15, 0.2) is 212 Å². The van der Waals surface area contributed by atoms with Crippen molar-refractivity contribution in [2.45, 2.75) is 24.7 Å². The molecule has 0 radical (unpaired) electrons. The summed E-state index contributed by atoms with van der Waals surface area (Å²) in [5.41, 5.74) is 23.8. The van der Waals surface area contributed by atoms with Gasteiger partial charge in [-0.05, 0) is 120 Å². The van der Waals surface area contributed by atoms with Gasteiger partial charge in [-0.3, -0.25) is 0 Å². The van der Waals surface area contributed by atoms with Crippen molar-refractivity contribution in [3.05, 3.63) is 246 Å². The van der Waals surface area contributed by atoms with Gasteiger partial charge in [0.2, 0.25) is 0 Å². The second kappa shape index (κ2) is 12.6. The molecule has 0 saturated heterocycles. The minimum atomic E-state index is -0.434. The number of hydrogen-bond acceptors (Lipinski definition) is 1. The monoisotopic (exact) mass is 751 g/mol. The number of para-hydroxylation sites is 1. The van der Waals surface area contributed by atoms with Crippen LogP contribution in [0.25, 0.3) is 55.6 Å². The number of anilines is 3. The van der Waals surface area contributed by atoms with Gasteiger partial charge in [-0.15, -0.1) is 0 Å². The molecule has 0 heterocycles. The summed E-state index contributed by atoms with van der Waals surface area (Å²) in [4.78, 5) is 2.49. The van der Waals surface area contributed by atoms with E-state index in [4.69, 9.17) is 0 Å². The van der Waals surface area contributed by atoms with Gasteiger partial charge in [-0.25, -0.2) is 0 Å². The number of rotatable bonds is 5. The third-order valence-corrected chi connectivity index (χ3v) is 13.5. The molecule has 59 heavy (non-hydrogen) atoms. The van der Waals surface area contributed by atoms with Crippen molar-refractivity contribution in [2.75, 3.05) is 4.90 Å². The van der Waals surface area contributed by atoms with Gasteiger partial charge >= 0.3 is 0 Å². The molecule has 0 unspecified atom stereocenters. The summed E-state index contributed by atoms with van der Waals surface area (Å²) in [7, 11) is 0. The molecule has 9 aromatic carbocycles. The van der Waals surface area contributed by atoms with Crippen LogP contribution in [0.5, 0.6) is 0 Å². The predicted molar refractivity (Wildman–Crippen MR) is 246 cm³/mol. The van der Waals surface area contributed by atoms with Crippen molar-refractivity contribution in [2.24, 2.45) is 0 Å². The van der Waals surface area contributed by atoms with Crippen LogP contribution in [0.2, 0.25) is 0 Å². The zero-order valence-corrected chi connectivity index (χ0v) is 33.2. The molecule has 0 aromatic heterocycles. The first-order valence-electron chi connectivity index (χ1n) is 20.8. The fourth-order valence-electron chi connectivity index (χ4n) is 10.9. The fourth-order valence-corrected chi connectivity index (χ4v) is 10.9. The number of nitrogens with zero attached hydrogens (tertiary/aromatic N) is 1. The highest BCUT2D eigenvalue weighted by molar-refractivity contribution is 5.97. The van der Waals surface area contributed by atoms with Gasteiger partial charge in [0.1, 0.15) is 0 Å². The third kappa shape index (κ3) is 4.73. The van der Waals surface area contributed by atoms with Crippen LogP contribution < -0.4 is 4.90 Å². The SMILES string of the molecule is CC1(C)c2ccccc2-c2ccc(-c3cccc(N(c4ccc5c(c4)C4(c6ccccc6-c6ccccc64)c4ccccc4-5)c4ccccc4-c4ccccc4)c3)cc21. The van der Waals surface area contributed by atoms with Gasteiger partial charge in [0.25, 0.3) is 0 Å². The van der Waals surface area contributed by atoms with E-state index < -0.39 is 5.41 Å². The Bertz CT molecular complexity index is 3090. The zero-order valence-electron chi connectivity index (χ0n) is 33.2. The molecule has 3 aliphatic rings. The minimum absolute atomic E-state index is 0.0738. The third-order valence-electron chi connectivity index (χ3n) is 13.5. The molecule has 0 N–H and O–H groups in total. The highest BCUT2D eigenvalue weighted by atomic mass is 15.1. The maximum atomic E-state index is 2.50. The zero-order chi connectivity index (χ0) is 39.3. The number of benzene rings is 9. The lowest BCUT2D eigenvalue weighted by Crippen LogP contribution is -2.26. The van der Waals surface area contributed by atoms with Crippen molar-refractivity contribution in [3.63, 3.8) is 0 Å². The lowest BCUT2D eigenvalue weighted by atomic mass is 9.70. The van der Waals surface area contributed by atoms with Crippen molar-refractivity contribution in [1.82, 2.24) is 0 Å². The summed E-state index contributed by atoms with van der Waals surface area (Å²) >= 11 is 0. The minimum Gasteiger partial charge on any atom is -0.310 e. The molecule has 0 saturated carbocycles. The molecule has 9 aromatic rings. The van der Waals surface area contributed by atoms with Crippen molar-refractivity contribution >= 4 is 17.1 Å². The molecule has 12 rings (SSSR count). The van der Waals surface area contributed by atoms with Crippen LogP contribution >= 0.6 is 0 Å². The topological polar surface area (TPSA) is 3.24 Å². The van der Waals surface area contributed by atoms with Crippen LogP contribution in [0.4, 0.5) is 17.1 Å². The molecule has 1 heteroatoms. The fraction of sp³-hybridized carbons (Fsp3) is 0.0690. The van der Waals surface area contributed by atoms with Crippen LogP contribution in [0.1, 0.15) is 47.2 Å². The predicted octanol–water partition coefficient (Wildman–Crippen LogP) is 15.1. The smallest absolute Gasteiger partial charge is 0.0726 e. The molecule has 1 nitrogen and oxygen atoms in total. The summed E-state index contributed by atoms with van der Waals surface area (Å²) in [5.74, 6) is 0. The summed E-state index contributed by atoms with van der Waals surface area (Å²) in [6.45, 7) is 4.72. The first-order chi connectivity index (χ1) is 29.0. The molecular formula is C58H41N. The molecular weight excluding hydrogens is 711 g/mol. The average molecular weight is 752 g/mol. The van der Waals surface area contributed by atoms with Gasteiger partial charge in [0, 0.05) is 22.4 Å². The van der Waals surface area contributed by atoms with E-state index in [1.807, 2.05) is 0 Å². The van der Waals surface area contributed by atoms with E-state index in [-0.39, 0.29) is 5.41 Å². The maximum Gasteiger partial charge on any atom is 0.0726 e. The Balaban J connectivity index is 1.09. The van der Waals surface area contributed by atoms with Crippen molar-refractivity contribution in [3.8, 4) is 55.6 Å². The van der Waals surface area contributed by atoms with Gasteiger partial charge < -0.3 is 4.90 Å². The lowest BCUT2D eigenvalue weighted by Gasteiger charge is -2.33. The first-order valence-corrected chi connectivity index (χ1v) is 20.8. The Morgan fingerprint density at radius 1 is 0.288 bits per heavy atom. The summed E-state index contributed by atoms with van der Waals surface area (Å²) < 4.78 is 0. The normalized spacial score (nSPS) is 14.2. The van der Waals surface area contributed by atoms with Crippen LogP contribution in [-0.4, -0.2) is 0 Å². The molecule has 0 amide bonds. The first kappa shape index (κ1) is 33.9. The second-order valence-corrected chi connectivity index (χ2v) is 16.8. The van der Waals surface area contributed by atoms with Crippen LogP contribution in [0.3, 0.4) is 0 Å². The molecule has 0 atom stereocenters. The Kier molecular flexibility index (Phi) is 7.26. The highest BCUT2D eigenvalue weighted by Gasteiger charge is 2.51. The number of fused-ring (bicyclic) bond motifs is 13. The van der Waals surface area contributed by atoms with E-state index in [1.54, 1.807) is 0 Å². The lowest BCUT2D eigenvalue weighted by molar-refractivity contribution is 0.660. The van der Waals surface area contributed by atoms with Gasteiger partial charge in [0.05, 0.1) is 11.1 Å². The molecule has 1 spiro atoms. The van der Waals surface area contributed by atoms with Gasteiger partial charge in [-0.1, -0.05) is 190 Å². The second-order valence-electron chi connectivity index (χ2n) is 16.8. The molecule has 0 fully saturated rings. The molecule has 278 valence electrons. The summed E-state index contributed by atoms with van der Waals surface area (Å²) in [6, 6.07) is 79.2. The highest BCUT2D eigenvalue weighted by Crippen LogP contribution is 2.63. The molecule has 0 aliphatic heterocycles. The molecule has 0 bridgehead atoms. The summed E-state index contributed by atoms with van der Waals surface area (Å²) in [5, 5.41) is 0. The Labute approximate surface area is 346 Å².